The predicted octanol–water partition coefficient (Wildman–Crippen LogP) is -0.634. The summed E-state index contributed by atoms with van der Waals surface area (Å²) in [5, 5.41) is 5.10. The molecule has 1 unspecified atom stereocenters. The predicted molar refractivity (Wildman–Crippen MR) is 57.0 cm³/mol. The molecule has 1 atom stereocenters. The van der Waals surface area contributed by atoms with Gasteiger partial charge in [0.15, 0.2) is 0 Å². The zero-order chi connectivity index (χ0) is 11.3. The lowest BCUT2D eigenvalue weighted by Gasteiger charge is -2.12. The quantitative estimate of drug-likeness (QED) is 0.531. The van der Waals surface area contributed by atoms with Gasteiger partial charge in [-0.2, -0.15) is 0 Å². The smallest absolute Gasteiger partial charge is 0.309 e. The van der Waals surface area contributed by atoms with Crippen molar-refractivity contribution in [3.63, 3.8) is 0 Å². The number of nitrogens with two attached hydrogens (primary N) is 1. The molecule has 0 aromatic rings. The molecule has 0 aliphatic heterocycles. The minimum absolute atomic E-state index is 0.0774. The number of carbonyl (C=O) groups is 2. The Morgan fingerprint density at radius 1 is 1.40 bits per heavy atom. The van der Waals surface area contributed by atoms with Crippen LogP contribution in [0.25, 0.3) is 0 Å². The molecule has 1 aliphatic rings. The highest BCUT2D eigenvalue weighted by molar-refractivity contribution is 6.35. The molecule has 5 heteroatoms. The summed E-state index contributed by atoms with van der Waals surface area (Å²) in [6, 6.07) is 0.0774. The topological polar surface area (TPSA) is 84.2 Å². The number of nitrogens with one attached hydrogen (secondary N) is 2. The maximum Gasteiger partial charge on any atom is 0.309 e. The Bertz CT molecular complexity index is 239. The molecule has 86 valence electrons. The summed E-state index contributed by atoms with van der Waals surface area (Å²) in [4.78, 5) is 22.5. The molecule has 0 heterocycles. The molecule has 0 bridgehead atoms. The van der Waals surface area contributed by atoms with Crippen LogP contribution in [0.3, 0.4) is 0 Å². The van der Waals surface area contributed by atoms with Gasteiger partial charge in [0.25, 0.3) is 0 Å². The van der Waals surface area contributed by atoms with Gasteiger partial charge in [-0.25, -0.2) is 0 Å². The molecule has 1 rings (SSSR count). The second-order valence-corrected chi connectivity index (χ2v) is 4.10. The first-order chi connectivity index (χ1) is 7.13. The van der Waals surface area contributed by atoms with Gasteiger partial charge in [-0.15, -0.1) is 0 Å². The minimum atomic E-state index is -0.594. The van der Waals surface area contributed by atoms with Crippen LogP contribution in [0.4, 0.5) is 0 Å². The van der Waals surface area contributed by atoms with E-state index in [0.29, 0.717) is 13.1 Å². The first-order valence-corrected chi connectivity index (χ1v) is 5.42. The Labute approximate surface area is 89.8 Å². The van der Waals surface area contributed by atoms with Crippen LogP contribution in [0, 0.1) is 5.92 Å². The summed E-state index contributed by atoms with van der Waals surface area (Å²) in [6.45, 7) is 2.60. The largest absolute Gasteiger partial charge is 0.347 e. The van der Waals surface area contributed by atoms with E-state index in [2.05, 4.69) is 10.6 Å². The molecule has 5 nitrogen and oxygen atoms in total. The van der Waals surface area contributed by atoms with E-state index in [0.717, 1.165) is 12.3 Å². The molecule has 0 radical (unpaired) electrons. The maximum atomic E-state index is 11.3. The normalized spacial score (nSPS) is 16.9. The van der Waals surface area contributed by atoms with Crippen molar-refractivity contribution in [1.29, 1.82) is 0 Å². The van der Waals surface area contributed by atoms with E-state index < -0.39 is 11.8 Å². The van der Waals surface area contributed by atoms with Gasteiger partial charge in [0, 0.05) is 19.1 Å². The Balaban J connectivity index is 2.17. The van der Waals surface area contributed by atoms with Crippen LogP contribution in [-0.2, 0) is 9.59 Å². The highest BCUT2D eigenvalue weighted by Crippen LogP contribution is 2.33. The second kappa shape index (κ2) is 5.70. The summed E-state index contributed by atoms with van der Waals surface area (Å²) in [7, 11) is 0. The van der Waals surface area contributed by atoms with Crippen LogP contribution in [0.5, 0.6) is 0 Å². The third kappa shape index (κ3) is 4.78. The van der Waals surface area contributed by atoms with Crippen LogP contribution in [0.1, 0.15) is 26.2 Å². The number of hydrogen-bond donors (Lipinski definition) is 3. The highest BCUT2D eigenvalue weighted by atomic mass is 16.2. The third-order valence-corrected chi connectivity index (χ3v) is 2.40. The monoisotopic (exact) mass is 213 g/mol. The van der Waals surface area contributed by atoms with Crippen molar-refractivity contribution in [2.24, 2.45) is 11.7 Å². The van der Waals surface area contributed by atoms with Gasteiger partial charge in [-0.3, -0.25) is 9.59 Å². The van der Waals surface area contributed by atoms with Gasteiger partial charge in [0.2, 0.25) is 0 Å². The van der Waals surface area contributed by atoms with Crippen LogP contribution in [0.2, 0.25) is 0 Å². The van der Waals surface area contributed by atoms with Crippen molar-refractivity contribution in [2.45, 2.75) is 32.2 Å². The van der Waals surface area contributed by atoms with Crippen molar-refractivity contribution < 1.29 is 9.59 Å². The van der Waals surface area contributed by atoms with Gasteiger partial charge in [-0.05, 0) is 19.3 Å². The third-order valence-electron chi connectivity index (χ3n) is 2.40. The van der Waals surface area contributed by atoms with Crippen molar-refractivity contribution in [3.05, 3.63) is 0 Å². The molecule has 2 amide bonds. The van der Waals surface area contributed by atoms with Crippen molar-refractivity contribution in [1.82, 2.24) is 10.6 Å². The van der Waals surface area contributed by atoms with E-state index in [4.69, 9.17) is 5.73 Å². The molecule has 1 fully saturated rings. The molecule has 1 saturated carbocycles. The lowest BCUT2D eigenvalue weighted by atomic mass is 10.1. The van der Waals surface area contributed by atoms with E-state index in [1.165, 1.54) is 12.8 Å². The average molecular weight is 213 g/mol. The van der Waals surface area contributed by atoms with Gasteiger partial charge in [-0.1, -0.05) is 12.8 Å². The standard InChI is InChI=1S/C10H19N3O2/c1-7(6-8-2-3-8)13-10(15)9(14)12-5-4-11/h7-8H,2-6,11H2,1H3,(H,12,14)(H,13,15). The summed E-state index contributed by atoms with van der Waals surface area (Å²) in [6.07, 6.45) is 3.47. The van der Waals surface area contributed by atoms with Crippen molar-refractivity contribution in [2.75, 3.05) is 13.1 Å². The zero-order valence-corrected chi connectivity index (χ0v) is 9.08. The first-order valence-electron chi connectivity index (χ1n) is 5.42. The van der Waals surface area contributed by atoms with Gasteiger partial charge >= 0.3 is 11.8 Å². The first kappa shape index (κ1) is 12.0. The Morgan fingerprint density at radius 2 is 2.07 bits per heavy atom. The number of amides is 2. The minimum Gasteiger partial charge on any atom is -0.347 e. The maximum absolute atomic E-state index is 11.3. The van der Waals surface area contributed by atoms with Gasteiger partial charge < -0.3 is 16.4 Å². The Hall–Kier alpha value is -1.10. The fourth-order valence-corrected chi connectivity index (χ4v) is 1.47. The second-order valence-electron chi connectivity index (χ2n) is 4.10. The zero-order valence-electron chi connectivity index (χ0n) is 9.08. The van der Waals surface area contributed by atoms with Crippen LogP contribution in [0.15, 0.2) is 0 Å². The fourth-order valence-electron chi connectivity index (χ4n) is 1.47. The molecule has 1 aliphatic carbocycles. The molecule has 15 heavy (non-hydrogen) atoms. The Kier molecular flexibility index (Phi) is 4.55. The van der Waals surface area contributed by atoms with E-state index >= 15 is 0 Å². The van der Waals surface area contributed by atoms with Crippen LogP contribution in [-0.4, -0.2) is 30.9 Å². The fraction of sp³-hybridized carbons (Fsp3) is 0.800. The van der Waals surface area contributed by atoms with Crippen molar-refractivity contribution in [3.8, 4) is 0 Å². The molecule has 0 aromatic heterocycles. The summed E-state index contributed by atoms with van der Waals surface area (Å²) < 4.78 is 0. The van der Waals surface area contributed by atoms with E-state index in [1.54, 1.807) is 0 Å². The van der Waals surface area contributed by atoms with Crippen LogP contribution >= 0.6 is 0 Å². The lowest BCUT2D eigenvalue weighted by molar-refractivity contribution is -0.139. The lowest BCUT2D eigenvalue weighted by Crippen LogP contribution is -2.44. The molecule has 0 aromatic carbocycles. The van der Waals surface area contributed by atoms with Gasteiger partial charge in [0.1, 0.15) is 0 Å². The van der Waals surface area contributed by atoms with Crippen molar-refractivity contribution >= 4 is 11.8 Å². The summed E-state index contributed by atoms with van der Waals surface area (Å²) >= 11 is 0. The van der Waals surface area contributed by atoms with E-state index in [1.807, 2.05) is 6.92 Å². The molecule has 4 N–H and O–H groups in total. The number of hydrogen-bond acceptors (Lipinski definition) is 3. The van der Waals surface area contributed by atoms with Gasteiger partial charge in [0.05, 0.1) is 0 Å². The molecule has 0 saturated heterocycles. The SMILES string of the molecule is CC(CC1CC1)NC(=O)C(=O)NCCN. The Morgan fingerprint density at radius 3 is 2.60 bits per heavy atom. The molecular formula is C10H19N3O2. The molecule has 0 spiro atoms. The van der Waals surface area contributed by atoms with E-state index in [-0.39, 0.29) is 6.04 Å². The highest BCUT2D eigenvalue weighted by Gasteiger charge is 2.25. The summed E-state index contributed by atoms with van der Waals surface area (Å²) in [5.41, 5.74) is 5.21. The number of carbonyl (C=O) groups excluding carboxylic acids is 2. The van der Waals surface area contributed by atoms with E-state index in [9.17, 15) is 9.59 Å². The number of rotatable bonds is 5. The average Bonchev–Trinajstić information content (AvgIpc) is 2.97. The summed E-state index contributed by atoms with van der Waals surface area (Å²) in [5.74, 6) is -0.410. The van der Waals surface area contributed by atoms with Crippen LogP contribution < -0.4 is 16.4 Å². The molecular weight excluding hydrogens is 194 g/mol.